The van der Waals surface area contributed by atoms with Gasteiger partial charge in [0.2, 0.25) is 0 Å². The molecule has 1 saturated heterocycles. The van der Waals surface area contributed by atoms with E-state index in [0.717, 1.165) is 29.8 Å². The quantitative estimate of drug-likeness (QED) is 0.683. The van der Waals surface area contributed by atoms with Crippen molar-refractivity contribution >= 4 is 11.0 Å². The lowest BCUT2D eigenvalue weighted by Crippen LogP contribution is -1.88. The number of rotatable bonds is 2. The monoisotopic (exact) mass is 192 g/mol. The molecule has 3 heteroatoms. The van der Waals surface area contributed by atoms with E-state index < -0.39 is 0 Å². The summed E-state index contributed by atoms with van der Waals surface area (Å²) in [6.07, 6.45) is 1.09. The molecule has 1 aliphatic rings. The lowest BCUT2D eigenvalue weighted by Gasteiger charge is -1.88. The summed E-state index contributed by atoms with van der Waals surface area (Å²) in [4.78, 5) is 0. The summed E-state index contributed by atoms with van der Waals surface area (Å²) in [5, 5.41) is 0.820. The fourth-order valence-electron chi connectivity index (χ4n) is 1.58. The molecule has 1 aliphatic heterocycles. The second-order valence-corrected chi connectivity index (χ2v) is 3.55. The van der Waals surface area contributed by atoms with Crippen molar-refractivity contribution in [3.05, 3.63) is 35.8 Å². The number of furan rings is 1. The Labute approximate surface area is 80.3 Å². The minimum Gasteiger partial charge on any atom is -0.461 e. The third kappa shape index (κ3) is 1.40. The number of epoxide rings is 1. The number of hydrogen-bond donors (Lipinski definition) is 0. The van der Waals surface area contributed by atoms with Crippen LogP contribution in [0.1, 0.15) is 5.76 Å². The molecular formula is C11H9FO2. The number of hydrogen-bond acceptors (Lipinski definition) is 2. The van der Waals surface area contributed by atoms with E-state index in [0.29, 0.717) is 6.10 Å². The Morgan fingerprint density at radius 1 is 1.36 bits per heavy atom. The van der Waals surface area contributed by atoms with Crippen LogP contribution in [0.4, 0.5) is 4.39 Å². The third-order valence-corrected chi connectivity index (χ3v) is 2.36. The Hall–Kier alpha value is -1.35. The zero-order valence-corrected chi connectivity index (χ0v) is 7.50. The summed E-state index contributed by atoms with van der Waals surface area (Å²) >= 11 is 0. The zero-order valence-electron chi connectivity index (χ0n) is 7.50. The standard InChI is InChI=1S/C11H9FO2/c12-8-1-2-11-7(3-8)4-9(14-11)5-10-6-13-10/h1-4,10H,5-6H2. The molecule has 1 aromatic heterocycles. The summed E-state index contributed by atoms with van der Waals surface area (Å²) in [7, 11) is 0. The largest absolute Gasteiger partial charge is 0.461 e. The van der Waals surface area contributed by atoms with E-state index >= 15 is 0 Å². The fraction of sp³-hybridized carbons (Fsp3) is 0.273. The van der Waals surface area contributed by atoms with E-state index in [1.54, 1.807) is 6.07 Å². The van der Waals surface area contributed by atoms with Crippen molar-refractivity contribution in [2.45, 2.75) is 12.5 Å². The van der Waals surface area contributed by atoms with E-state index in [9.17, 15) is 4.39 Å². The first-order chi connectivity index (χ1) is 6.81. The summed E-state index contributed by atoms with van der Waals surface area (Å²) in [6.45, 7) is 0.811. The Morgan fingerprint density at radius 3 is 3.00 bits per heavy atom. The van der Waals surface area contributed by atoms with E-state index in [1.807, 2.05) is 6.07 Å². The van der Waals surface area contributed by atoms with Gasteiger partial charge in [0.05, 0.1) is 12.7 Å². The highest BCUT2D eigenvalue weighted by Crippen LogP contribution is 2.24. The highest BCUT2D eigenvalue weighted by Gasteiger charge is 2.24. The van der Waals surface area contributed by atoms with Gasteiger partial charge in [-0.1, -0.05) is 0 Å². The number of ether oxygens (including phenoxy) is 1. The number of benzene rings is 1. The molecule has 0 aliphatic carbocycles. The lowest BCUT2D eigenvalue weighted by molar-refractivity contribution is 0.392. The molecule has 0 bridgehead atoms. The van der Waals surface area contributed by atoms with Crippen LogP contribution in [0.15, 0.2) is 28.7 Å². The Balaban J connectivity index is 2.01. The van der Waals surface area contributed by atoms with Crippen molar-refractivity contribution in [1.82, 2.24) is 0 Å². The molecule has 2 aromatic rings. The average Bonchev–Trinajstić information content (AvgIpc) is 2.84. The molecule has 2 heterocycles. The second-order valence-electron chi connectivity index (χ2n) is 3.55. The third-order valence-electron chi connectivity index (χ3n) is 2.36. The first-order valence-electron chi connectivity index (χ1n) is 4.61. The van der Waals surface area contributed by atoms with Crippen molar-refractivity contribution in [3.8, 4) is 0 Å². The van der Waals surface area contributed by atoms with Crippen molar-refractivity contribution in [1.29, 1.82) is 0 Å². The molecule has 3 rings (SSSR count). The van der Waals surface area contributed by atoms with Gasteiger partial charge in [0.1, 0.15) is 17.2 Å². The molecule has 0 spiro atoms. The zero-order chi connectivity index (χ0) is 9.54. The molecule has 1 unspecified atom stereocenters. The normalized spacial score (nSPS) is 20.2. The van der Waals surface area contributed by atoms with Crippen LogP contribution in [0.5, 0.6) is 0 Å². The molecule has 1 fully saturated rings. The molecule has 0 N–H and O–H groups in total. The first-order valence-corrected chi connectivity index (χ1v) is 4.61. The maximum absolute atomic E-state index is 12.9. The van der Waals surface area contributed by atoms with Gasteiger partial charge in [-0.15, -0.1) is 0 Å². The Kier molecular flexibility index (Phi) is 1.61. The Bertz CT molecular complexity index is 471. The van der Waals surface area contributed by atoms with E-state index in [1.165, 1.54) is 12.1 Å². The maximum Gasteiger partial charge on any atom is 0.134 e. The lowest BCUT2D eigenvalue weighted by atomic mass is 10.2. The van der Waals surface area contributed by atoms with Crippen LogP contribution in [0.3, 0.4) is 0 Å². The van der Waals surface area contributed by atoms with Crippen LogP contribution in [0.2, 0.25) is 0 Å². The van der Waals surface area contributed by atoms with Crippen molar-refractivity contribution in [2.75, 3.05) is 6.61 Å². The van der Waals surface area contributed by atoms with Crippen molar-refractivity contribution in [2.24, 2.45) is 0 Å². The van der Waals surface area contributed by atoms with Gasteiger partial charge in [-0.2, -0.15) is 0 Å². The predicted octanol–water partition coefficient (Wildman–Crippen LogP) is 2.51. The van der Waals surface area contributed by atoms with Gasteiger partial charge in [0.15, 0.2) is 0 Å². The number of halogens is 1. The molecule has 14 heavy (non-hydrogen) atoms. The van der Waals surface area contributed by atoms with Gasteiger partial charge in [-0.05, 0) is 24.3 Å². The van der Waals surface area contributed by atoms with Crippen LogP contribution < -0.4 is 0 Å². The summed E-state index contributed by atoms with van der Waals surface area (Å²) < 4.78 is 23.5. The molecular weight excluding hydrogens is 183 g/mol. The second kappa shape index (κ2) is 2.82. The summed E-state index contributed by atoms with van der Waals surface area (Å²) in [5.74, 6) is 0.639. The van der Waals surface area contributed by atoms with Gasteiger partial charge in [0, 0.05) is 11.8 Å². The van der Waals surface area contributed by atoms with E-state index in [4.69, 9.17) is 9.15 Å². The van der Waals surface area contributed by atoms with Crippen LogP contribution in [0.25, 0.3) is 11.0 Å². The fourth-order valence-corrected chi connectivity index (χ4v) is 1.58. The van der Waals surface area contributed by atoms with Crippen LogP contribution >= 0.6 is 0 Å². The van der Waals surface area contributed by atoms with Gasteiger partial charge in [-0.25, -0.2) is 4.39 Å². The van der Waals surface area contributed by atoms with Crippen molar-refractivity contribution in [3.63, 3.8) is 0 Å². The molecule has 2 nitrogen and oxygen atoms in total. The molecule has 0 amide bonds. The van der Waals surface area contributed by atoms with Gasteiger partial charge in [-0.3, -0.25) is 0 Å². The summed E-state index contributed by atoms with van der Waals surface area (Å²) in [6, 6.07) is 6.42. The maximum atomic E-state index is 12.9. The van der Waals surface area contributed by atoms with E-state index in [2.05, 4.69) is 0 Å². The van der Waals surface area contributed by atoms with Gasteiger partial charge in [0.25, 0.3) is 0 Å². The highest BCUT2D eigenvalue weighted by molar-refractivity contribution is 5.77. The molecule has 1 atom stereocenters. The minimum absolute atomic E-state index is 0.229. The SMILES string of the molecule is Fc1ccc2oc(CC3CO3)cc2c1. The van der Waals surface area contributed by atoms with Gasteiger partial charge >= 0.3 is 0 Å². The predicted molar refractivity (Wildman–Crippen MR) is 49.6 cm³/mol. The van der Waals surface area contributed by atoms with Crippen LogP contribution in [-0.2, 0) is 11.2 Å². The van der Waals surface area contributed by atoms with E-state index in [-0.39, 0.29) is 5.82 Å². The topological polar surface area (TPSA) is 25.7 Å². The van der Waals surface area contributed by atoms with Gasteiger partial charge < -0.3 is 9.15 Å². The minimum atomic E-state index is -0.229. The molecule has 0 saturated carbocycles. The molecule has 72 valence electrons. The first kappa shape index (κ1) is 8.00. The molecule has 0 radical (unpaired) electrons. The summed E-state index contributed by atoms with van der Waals surface area (Å²) in [5.41, 5.74) is 0.738. The molecule has 1 aromatic carbocycles. The van der Waals surface area contributed by atoms with Crippen LogP contribution in [0, 0.1) is 5.82 Å². The number of fused-ring (bicyclic) bond motifs is 1. The highest BCUT2D eigenvalue weighted by atomic mass is 19.1. The Morgan fingerprint density at radius 2 is 2.21 bits per heavy atom. The van der Waals surface area contributed by atoms with Crippen LogP contribution in [-0.4, -0.2) is 12.7 Å². The average molecular weight is 192 g/mol. The van der Waals surface area contributed by atoms with Crippen molar-refractivity contribution < 1.29 is 13.5 Å². The smallest absolute Gasteiger partial charge is 0.134 e.